The minimum atomic E-state index is 0.0955. The summed E-state index contributed by atoms with van der Waals surface area (Å²) >= 11 is 18.3. The van der Waals surface area contributed by atoms with Gasteiger partial charge in [-0.2, -0.15) is 0 Å². The van der Waals surface area contributed by atoms with Crippen LogP contribution in [0.4, 0.5) is 0 Å². The molecule has 0 aliphatic rings. The van der Waals surface area contributed by atoms with Gasteiger partial charge in [-0.3, -0.25) is 0 Å². The minimum Gasteiger partial charge on any atom is -0.306 e. The highest BCUT2D eigenvalue weighted by molar-refractivity contribution is 6.48. The Kier molecular flexibility index (Phi) is 5.95. The molecule has 0 aliphatic carbocycles. The van der Waals surface area contributed by atoms with E-state index in [4.69, 9.17) is 34.8 Å². The zero-order valence-electron chi connectivity index (χ0n) is 12.1. The highest BCUT2D eigenvalue weighted by atomic mass is 35.5. The van der Waals surface area contributed by atoms with Crippen molar-refractivity contribution in [2.45, 2.75) is 32.9 Å². The van der Waals surface area contributed by atoms with Gasteiger partial charge in [-0.05, 0) is 36.1 Å². The maximum Gasteiger partial charge on any atom is 0.0781 e. The summed E-state index contributed by atoms with van der Waals surface area (Å²) in [4.78, 5) is 0. The van der Waals surface area contributed by atoms with Crippen LogP contribution >= 0.6 is 34.8 Å². The van der Waals surface area contributed by atoms with E-state index in [2.05, 4.69) is 43.4 Å². The summed E-state index contributed by atoms with van der Waals surface area (Å²) in [5.74, 6) is 0. The number of halogens is 3. The monoisotopic (exact) mass is 341 g/mol. The van der Waals surface area contributed by atoms with Crippen molar-refractivity contribution >= 4 is 34.8 Å². The van der Waals surface area contributed by atoms with E-state index in [9.17, 15) is 0 Å². The molecule has 1 N–H and O–H groups in total. The molecule has 2 aromatic carbocycles. The predicted octanol–water partition coefficient (Wildman–Crippen LogP) is 6.06. The number of aryl methyl sites for hydroxylation is 1. The second kappa shape index (κ2) is 7.51. The first-order valence-electron chi connectivity index (χ1n) is 6.97. The van der Waals surface area contributed by atoms with E-state index in [0.717, 1.165) is 18.5 Å². The van der Waals surface area contributed by atoms with Gasteiger partial charge in [0.25, 0.3) is 0 Å². The van der Waals surface area contributed by atoms with Crippen LogP contribution < -0.4 is 5.32 Å². The lowest BCUT2D eigenvalue weighted by molar-refractivity contribution is 0.575. The van der Waals surface area contributed by atoms with Crippen LogP contribution in [0.25, 0.3) is 0 Å². The molecule has 2 rings (SSSR count). The van der Waals surface area contributed by atoms with Gasteiger partial charge in [-0.25, -0.2) is 0 Å². The van der Waals surface area contributed by atoms with Gasteiger partial charge in [0.15, 0.2) is 0 Å². The number of nitrogens with one attached hydrogen (secondary N) is 1. The summed E-state index contributed by atoms with van der Waals surface area (Å²) in [5.41, 5.74) is 3.55. The first-order valence-corrected chi connectivity index (χ1v) is 8.11. The Morgan fingerprint density at radius 1 is 0.905 bits per heavy atom. The fraction of sp³-hybridized carbons (Fsp3) is 0.294. The first-order chi connectivity index (χ1) is 10.0. The minimum absolute atomic E-state index is 0.0955. The molecular formula is C17H18Cl3N. The third kappa shape index (κ3) is 4.14. The Bertz CT molecular complexity index is 608. The Balaban J connectivity index is 2.04. The zero-order chi connectivity index (χ0) is 15.4. The molecule has 4 heteroatoms. The highest BCUT2D eigenvalue weighted by Crippen LogP contribution is 2.35. The van der Waals surface area contributed by atoms with E-state index in [1.54, 1.807) is 6.07 Å². The van der Waals surface area contributed by atoms with E-state index in [1.807, 2.05) is 6.07 Å². The summed E-state index contributed by atoms with van der Waals surface area (Å²) in [6, 6.07) is 12.4. The summed E-state index contributed by atoms with van der Waals surface area (Å²) in [6.45, 7) is 5.00. The summed E-state index contributed by atoms with van der Waals surface area (Å²) in [6.07, 6.45) is 1.06. The van der Waals surface area contributed by atoms with Crippen molar-refractivity contribution in [2.24, 2.45) is 0 Å². The molecule has 0 bridgehead atoms. The molecular weight excluding hydrogens is 325 g/mol. The molecule has 0 radical (unpaired) electrons. The van der Waals surface area contributed by atoms with E-state index < -0.39 is 0 Å². The van der Waals surface area contributed by atoms with Crippen LogP contribution in [0.2, 0.25) is 15.1 Å². The van der Waals surface area contributed by atoms with Gasteiger partial charge in [0.2, 0.25) is 0 Å². The third-order valence-electron chi connectivity index (χ3n) is 3.58. The van der Waals surface area contributed by atoms with Crippen molar-refractivity contribution < 1.29 is 0 Å². The van der Waals surface area contributed by atoms with Gasteiger partial charge in [-0.15, -0.1) is 0 Å². The fourth-order valence-corrected chi connectivity index (χ4v) is 2.86. The highest BCUT2D eigenvalue weighted by Gasteiger charge is 2.13. The average molecular weight is 343 g/mol. The van der Waals surface area contributed by atoms with E-state index in [1.165, 1.54) is 11.1 Å². The van der Waals surface area contributed by atoms with E-state index in [-0.39, 0.29) is 6.04 Å². The second-order valence-corrected chi connectivity index (χ2v) is 6.20. The Hall–Kier alpha value is -0.730. The number of rotatable bonds is 5. The Labute approximate surface area is 141 Å². The van der Waals surface area contributed by atoms with Crippen LogP contribution in [0, 0.1) is 0 Å². The quantitative estimate of drug-likeness (QED) is 0.651. The SMILES string of the molecule is CCc1ccc(CNC(C)c2ccc(Cl)c(Cl)c2Cl)cc1. The summed E-state index contributed by atoms with van der Waals surface area (Å²) in [5, 5.41) is 4.87. The van der Waals surface area contributed by atoms with Crippen molar-refractivity contribution in [3.63, 3.8) is 0 Å². The molecule has 0 aromatic heterocycles. The molecule has 0 spiro atoms. The zero-order valence-corrected chi connectivity index (χ0v) is 14.4. The van der Waals surface area contributed by atoms with Crippen LogP contribution in [0.1, 0.15) is 36.6 Å². The summed E-state index contributed by atoms with van der Waals surface area (Å²) < 4.78 is 0. The number of benzene rings is 2. The van der Waals surface area contributed by atoms with Gasteiger partial charge >= 0.3 is 0 Å². The average Bonchev–Trinajstić information content (AvgIpc) is 2.51. The number of hydrogen-bond acceptors (Lipinski definition) is 1. The van der Waals surface area contributed by atoms with Gasteiger partial charge in [0, 0.05) is 12.6 Å². The van der Waals surface area contributed by atoms with Gasteiger partial charge < -0.3 is 5.32 Å². The smallest absolute Gasteiger partial charge is 0.0781 e. The lowest BCUT2D eigenvalue weighted by atomic mass is 10.1. The van der Waals surface area contributed by atoms with Gasteiger partial charge in [0.1, 0.15) is 0 Å². The molecule has 0 heterocycles. The largest absolute Gasteiger partial charge is 0.306 e. The predicted molar refractivity (Wildman–Crippen MR) is 92.5 cm³/mol. The normalized spacial score (nSPS) is 12.4. The number of hydrogen-bond donors (Lipinski definition) is 1. The topological polar surface area (TPSA) is 12.0 Å². The summed E-state index contributed by atoms with van der Waals surface area (Å²) in [7, 11) is 0. The molecule has 0 fully saturated rings. The molecule has 1 unspecified atom stereocenters. The molecule has 0 amide bonds. The molecule has 2 aromatic rings. The maximum atomic E-state index is 6.26. The Morgan fingerprint density at radius 2 is 1.52 bits per heavy atom. The molecule has 1 nitrogen and oxygen atoms in total. The molecule has 1 atom stereocenters. The molecule has 112 valence electrons. The van der Waals surface area contributed by atoms with Crippen molar-refractivity contribution in [1.82, 2.24) is 5.32 Å². The maximum absolute atomic E-state index is 6.26. The van der Waals surface area contributed by atoms with Crippen LogP contribution in [0.15, 0.2) is 36.4 Å². The van der Waals surface area contributed by atoms with Crippen molar-refractivity contribution in [3.8, 4) is 0 Å². The van der Waals surface area contributed by atoms with Crippen LogP contribution in [-0.2, 0) is 13.0 Å². The fourth-order valence-electron chi connectivity index (χ4n) is 2.15. The van der Waals surface area contributed by atoms with Crippen molar-refractivity contribution in [3.05, 3.63) is 68.2 Å². The van der Waals surface area contributed by atoms with E-state index in [0.29, 0.717) is 15.1 Å². The van der Waals surface area contributed by atoms with Crippen molar-refractivity contribution in [1.29, 1.82) is 0 Å². The Morgan fingerprint density at radius 3 is 2.14 bits per heavy atom. The first kappa shape index (κ1) is 16.6. The lowest BCUT2D eigenvalue weighted by Gasteiger charge is -2.17. The molecule has 0 aliphatic heterocycles. The van der Waals surface area contributed by atoms with Crippen LogP contribution in [-0.4, -0.2) is 0 Å². The van der Waals surface area contributed by atoms with E-state index >= 15 is 0 Å². The van der Waals surface area contributed by atoms with Crippen molar-refractivity contribution in [2.75, 3.05) is 0 Å². The molecule has 0 saturated heterocycles. The van der Waals surface area contributed by atoms with Crippen LogP contribution in [0.3, 0.4) is 0 Å². The second-order valence-electron chi connectivity index (χ2n) is 5.04. The molecule has 21 heavy (non-hydrogen) atoms. The third-order valence-corrected chi connectivity index (χ3v) is 4.88. The van der Waals surface area contributed by atoms with Gasteiger partial charge in [0.05, 0.1) is 15.1 Å². The standard InChI is InChI=1S/C17H18Cl3N/c1-3-12-4-6-13(7-5-12)10-21-11(2)14-8-9-15(18)17(20)16(14)19/h4-9,11,21H,3,10H2,1-2H3. The molecule has 0 saturated carbocycles. The van der Waals surface area contributed by atoms with Crippen LogP contribution in [0.5, 0.6) is 0 Å². The van der Waals surface area contributed by atoms with Gasteiger partial charge in [-0.1, -0.05) is 72.1 Å². The lowest BCUT2D eigenvalue weighted by Crippen LogP contribution is -2.18.